The van der Waals surface area contributed by atoms with Crippen molar-refractivity contribution < 1.29 is 59.0 Å². The van der Waals surface area contributed by atoms with E-state index in [4.69, 9.17) is 39.5 Å². The molecule has 9 heteroatoms. The second-order valence-electron chi connectivity index (χ2n) is 2.98. The molecular weight excluding hydrogens is 362 g/mol. The maximum atomic E-state index is 8.89. The smallest absolute Gasteiger partial charge is 0.550 e. The number of carbonyl (C=O) groups excluding carboxylic acids is 2. The van der Waals surface area contributed by atoms with Crippen molar-refractivity contribution in [3.8, 4) is 11.5 Å². The number of benzene rings is 1. The molecule has 1 aliphatic rings. The number of hydrogen-bond acceptors (Lipinski definition) is 8. The summed E-state index contributed by atoms with van der Waals surface area (Å²) in [5.74, 6) is -0.477. The van der Waals surface area contributed by atoms with Gasteiger partial charge in [0.2, 0.25) is 6.79 Å². The van der Waals surface area contributed by atoms with E-state index in [1.807, 2.05) is 24.3 Å². The number of hydrogen-bond donors (Lipinski definition) is 2. The topological polar surface area (TPSA) is 139 Å². The molecule has 2 rings (SSSR count). The third-order valence-corrected chi connectivity index (χ3v) is 1.28. The van der Waals surface area contributed by atoms with Crippen molar-refractivity contribution in [2.24, 2.45) is 0 Å². The number of para-hydroxylation sites is 2. The van der Waals surface area contributed by atoms with E-state index in [2.05, 4.69) is 0 Å². The summed E-state index contributed by atoms with van der Waals surface area (Å²) < 4.78 is 10.2. The number of ether oxygens (including phenoxy) is 2. The summed E-state index contributed by atoms with van der Waals surface area (Å²) in [6.07, 6.45) is 0. The predicted molar refractivity (Wildman–Crippen MR) is 76.1 cm³/mol. The van der Waals surface area contributed by atoms with Gasteiger partial charge in [-0.3, -0.25) is 0 Å². The Labute approximate surface area is 149 Å². The summed E-state index contributed by atoms with van der Waals surface area (Å²) in [5.41, 5.74) is 0. The molecule has 1 aliphatic heterocycles. The third-order valence-electron chi connectivity index (χ3n) is 1.28. The third kappa shape index (κ3) is 29.0. The molecule has 0 radical (unpaired) electrons. The molecular formula is C14H22O8Zn-2. The number of carboxylic acid groups (broad SMARTS) is 2. The van der Waals surface area contributed by atoms with E-state index in [0.29, 0.717) is 6.79 Å². The molecule has 0 aromatic heterocycles. The average Bonchev–Trinajstić information content (AvgIpc) is 2.76. The molecule has 2 N–H and O–H groups in total. The van der Waals surface area contributed by atoms with Crippen LogP contribution in [-0.4, -0.2) is 35.7 Å². The van der Waals surface area contributed by atoms with Crippen LogP contribution < -0.4 is 19.7 Å². The monoisotopic (exact) mass is 382 g/mol. The van der Waals surface area contributed by atoms with Gasteiger partial charge in [0, 0.05) is 11.9 Å². The van der Waals surface area contributed by atoms with Crippen molar-refractivity contribution in [2.75, 3.05) is 13.6 Å². The zero-order chi connectivity index (χ0) is 16.0. The van der Waals surface area contributed by atoms with Crippen LogP contribution in [0.15, 0.2) is 24.3 Å². The zero-order valence-corrected chi connectivity index (χ0v) is 16.7. The van der Waals surface area contributed by atoms with Gasteiger partial charge in [-0.1, -0.05) is 12.1 Å². The second kappa shape index (κ2) is 22.6. The van der Waals surface area contributed by atoms with Crippen molar-refractivity contribution in [2.45, 2.75) is 13.8 Å². The Morgan fingerprint density at radius 3 is 1.43 bits per heavy atom. The van der Waals surface area contributed by atoms with Crippen LogP contribution >= 0.6 is 0 Å². The van der Waals surface area contributed by atoms with Gasteiger partial charge in [0.05, 0.1) is 0 Å². The van der Waals surface area contributed by atoms with Crippen LogP contribution in [0.4, 0.5) is 0 Å². The number of carbonyl (C=O) groups is 2. The van der Waals surface area contributed by atoms with Gasteiger partial charge in [0.1, 0.15) is 6.79 Å². The molecule has 0 bridgehead atoms. The Bertz CT molecular complexity index is 355. The minimum Gasteiger partial charge on any atom is -0.550 e. The Morgan fingerprint density at radius 2 is 1.22 bits per heavy atom. The van der Waals surface area contributed by atoms with Crippen molar-refractivity contribution in [1.29, 1.82) is 0 Å². The second-order valence-corrected chi connectivity index (χ2v) is 2.98. The van der Waals surface area contributed by atoms with E-state index in [1.54, 1.807) is 0 Å². The van der Waals surface area contributed by atoms with E-state index in [0.717, 1.165) is 25.3 Å². The largest absolute Gasteiger partial charge is 2.00 e. The van der Waals surface area contributed by atoms with Gasteiger partial charge >= 0.3 is 19.5 Å². The van der Waals surface area contributed by atoms with Crippen molar-refractivity contribution in [3.63, 3.8) is 0 Å². The van der Waals surface area contributed by atoms with Gasteiger partial charge in [0.15, 0.2) is 11.5 Å². The van der Waals surface area contributed by atoms with Crippen LogP contribution in [0.2, 0.25) is 0 Å². The number of aliphatic hydroxyl groups is 2. The first-order valence-electron chi connectivity index (χ1n) is 5.26. The fourth-order valence-corrected chi connectivity index (χ4v) is 0.845. The van der Waals surface area contributed by atoms with Gasteiger partial charge in [0.25, 0.3) is 0 Å². The summed E-state index contributed by atoms with van der Waals surface area (Å²) in [5, 5.41) is 32.0. The molecule has 130 valence electrons. The summed E-state index contributed by atoms with van der Waals surface area (Å²) in [6.45, 7) is 1.55. The molecule has 1 heterocycles. The van der Waals surface area contributed by atoms with Gasteiger partial charge in [-0.2, -0.15) is 0 Å². The number of carboxylic acids is 2. The van der Waals surface area contributed by atoms with E-state index >= 15 is 0 Å². The molecule has 23 heavy (non-hydrogen) atoms. The van der Waals surface area contributed by atoms with Crippen LogP contribution in [0, 0.1) is 14.9 Å². The molecule has 0 unspecified atom stereocenters. The zero-order valence-electron chi connectivity index (χ0n) is 13.8. The van der Waals surface area contributed by atoms with Gasteiger partial charge in [-0.15, -0.1) is 0 Å². The fourth-order valence-electron chi connectivity index (χ4n) is 0.845. The quantitative estimate of drug-likeness (QED) is 0.322. The maximum Gasteiger partial charge on any atom is 2.00 e. The average molecular weight is 384 g/mol. The molecule has 0 atom stereocenters. The van der Waals surface area contributed by atoms with Crippen LogP contribution in [0.1, 0.15) is 13.8 Å². The number of aliphatic carboxylic acids is 2. The number of rotatable bonds is 0. The number of aliphatic hydroxyl groups excluding tert-OH is 1. The summed E-state index contributed by atoms with van der Waals surface area (Å²) >= 11 is 0. The molecule has 0 saturated heterocycles. The first-order chi connectivity index (χ1) is 9.34. The molecule has 0 fully saturated rings. The fraction of sp³-hybridized carbons (Fsp3) is 0.286. The minimum atomic E-state index is -1.08. The van der Waals surface area contributed by atoms with Gasteiger partial charge in [-0.05, 0) is 26.0 Å². The van der Waals surface area contributed by atoms with Crippen molar-refractivity contribution >= 4 is 11.9 Å². The standard InChI is InChI=1S/C7H6O2.2C2H4O2.CH4O2.2CH3.Zn/c1-2-4-7-6(3-1)8-5-9-7;2*1-2(3)4;2-1-3;;;/h1-4H,5H2;2*1H3,(H,3,4);2-3H,1H2;2*1H3;/q;;;;2*-1;+2/p-2. The predicted octanol–water partition coefficient (Wildman–Crippen LogP) is -1.25. The summed E-state index contributed by atoms with van der Waals surface area (Å²) in [7, 11) is 0. The van der Waals surface area contributed by atoms with Gasteiger partial charge < -0.3 is 54.3 Å². The summed E-state index contributed by atoms with van der Waals surface area (Å²) in [6, 6.07) is 7.63. The molecule has 8 nitrogen and oxygen atoms in total. The van der Waals surface area contributed by atoms with Crippen LogP contribution in [-0.2, 0) is 29.1 Å². The Hall–Kier alpha value is -1.70. The molecule has 0 amide bonds. The van der Waals surface area contributed by atoms with Crippen molar-refractivity contribution in [3.05, 3.63) is 39.1 Å². The maximum absolute atomic E-state index is 8.89. The van der Waals surface area contributed by atoms with Gasteiger partial charge in [-0.25, -0.2) is 0 Å². The Kier molecular flexibility index (Phi) is 32.4. The first kappa shape index (κ1) is 33.0. The molecule has 1 aromatic carbocycles. The van der Waals surface area contributed by atoms with Crippen LogP contribution in [0.3, 0.4) is 0 Å². The molecule has 0 spiro atoms. The molecule has 1 aromatic rings. The van der Waals surface area contributed by atoms with Crippen LogP contribution in [0.5, 0.6) is 11.5 Å². The first-order valence-corrected chi connectivity index (χ1v) is 5.26. The van der Waals surface area contributed by atoms with E-state index in [-0.39, 0.29) is 34.3 Å². The summed E-state index contributed by atoms with van der Waals surface area (Å²) in [4.78, 5) is 17.8. The minimum absolute atomic E-state index is 0. The van der Waals surface area contributed by atoms with E-state index in [1.165, 1.54) is 0 Å². The molecule has 0 saturated carbocycles. The Balaban J connectivity index is -0.0000000678. The Morgan fingerprint density at radius 1 is 1.00 bits per heavy atom. The van der Waals surface area contributed by atoms with Crippen molar-refractivity contribution in [1.82, 2.24) is 0 Å². The van der Waals surface area contributed by atoms with Crippen LogP contribution in [0.25, 0.3) is 0 Å². The number of fused-ring (bicyclic) bond motifs is 1. The van der Waals surface area contributed by atoms with E-state index in [9.17, 15) is 0 Å². The molecule has 0 aliphatic carbocycles. The normalized spacial score (nSPS) is 8.35. The van der Waals surface area contributed by atoms with E-state index < -0.39 is 18.7 Å². The SMILES string of the molecule is CC(=O)[O-].CC(=O)[O-].OCO.[CH3-].[CH3-].[Zn+2].c1ccc2c(c1)OCO2.